The van der Waals surface area contributed by atoms with Gasteiger partial charge in [-0.25, -0.2) is 0 Å². The van der Waals surface area contributed by atoms with Crippen molar-refractivity contribution in [1.29, 1.82) is 0 Å². The highest BCUT2D eigenvalue weighted by molar-refractivity contribution is 5.96. The van der Waals surface area contributed by atoms with E-state index in [1.54, 1.807) is 97.2 Å². The number of aliphatic hydroxyl groups is 9. The van der Waals surface area contributed by atoms with E-state index in [1.807, 2.05) is 19.9 Å². The molecule has 0 aromatic heterocycles. The van der Waals surface area contributed by atoms with Crippen molar-refractivity contribution in [3.05, 3.63) is 115 Å². The van der Waals surface area contributed by atoms with Gasteiger partial charge in [0.15, 0.2) is 17.9 Å². The van der Waals surface area contributed by atoms with Crippen molar-refractivity contribution in [2.75, 3.05) is 5.73 Å². The molecule has 20 heteroatoms. The average molecular weight is 1100 g/mol. The highest BCUT2D eigenvalue weighted by Crippen LogP contribution is 2.38. The molecule has 1 aromatic carbocycles. The van der Waals surface area contributed by atoms with Crippen LogP contribution >= 0.6 is 0 Å². The molecular weight excluding hydrogens is 1010 g/mol. The molecule has 2 saturated heterocycles. The van der Waals surface area contributed by atoms with Gasteiger partial charge in [-0.1, -0.05) is 98.9 Å². The number of aliphatic hydroxyl groups excluding tert-OH is 8. The molecule has 20 nitrogen and oxygen atoms in total. The van der Waals surface area contributed by atoms with Crippen LogP contribution in [0, 0.1) is 17.8 Å². The third-order valence-electron chi connectivity index (χ3n) is 14.1. The van der Waals surface area contributed by atoms with Crippen LogP contribution in [0.15, 0.2) is 109 Å². The van der Waals surface area contributed by atoms with E-state index >= 15 is 0 Å². The fraction of sp³-hybridized carbons (Fsp3) is 0.586. The highest BCUT2D eigenvalue weighted by Gasteiger charge is 2.51. The summed E-state index contributed by atoms with van der Waals surface area (Å²) in [5, 5.41) is 108. The Morgan fingerprint density at radius 3 is 1.92 bits per heavy atom. The number of hydrogen-bond donors (Lipinski definition) is 12. The summed E-state index contributed by atoms with van der Waals surface area (Å²) in [5.41, 5.74) is 12.7. The Morgan fingerprint density at radius 2 is 1.32 bits per heavy atom. The second kappa shape index (κ2) is 32.9. The van der Waals surface area contributed by atoms with E-state index < -0.39 is 141 Å². The Morgan fingerprint density at radius 1 is 0.756 bits per heavy atom. The molecule has 1 aromatic rings. The number of carboxylic acids is 1. The second-order valence-electron chi connectivity index (χ2n) is 21.0. The third-order valence-corrected chi connectivity index (χ3v) is 14.1. The number of carbonyl (C=O) groups excluding carboxylic acids is 3. The number of benzene rings is 1. The van der Waals surface area contributed by atoms with Crippen LogP contribution in [-0.4, -0.2) is 166 Å². The lowest BCUT2D eigenvalue weighted by atomic mass is 9.82. The fourth-order valence-electron chi connectivity index (χ4n) is 9.84. The second-order valence-corrected chi connectivity index (χ2v) is 21.0. The zero-order chi connectivity index (χ0) is 57.5. The van der Waals surface area contributed by atoms with Crippen LogP contribution < -0.4 is 11.5 Å². The van der Waals surface area contributed by atoms with Gasteiger partial charge < -0.3 is 81.5 Å². The summed E-state index contributed by atoms with van der Waals surface area (Å²) < 4.78 is 23.7. The van der Waals surface area contributed by atoms with Crippen molar-refractivity contribution in [1.82, 2.24) is 0 Å². The summed E-state index contributed by atoms with van der Waals surface area (Å²) in [7, 11) is 0. The van der Waals surface area contributed by atoms with E-state index in [-0.39, 0.29) is 69.0 Å². The Labute approximate surface area is 456 Å². The highest BCUT2D eigenvalue weighted by atomic mass is 16.7. The molecule has 2 bridgehead atoms. The molecule has 18 atom stereocenters. The molecule has 0 radical (unpaired) electrons. The van der Waals surface area contributed by atoms with Crippen LogP contribution in [0.4, 0.5) is 5.69 Å². The predicted molar refractivity (Wildman–Crippen MR) is 289 cm³/mol. The molecule has 0 spiro atoms. The number of ether oxygens (including phenoxy) is 4. The number of carboxylic acid groups (broad SMARTS) is 1. The minimum Gasteiger partial charge on any atom is -0.481 e. The fourth-order valence-corrected chi connectivity index (χ4v) is 9.84. The minimum absolute atomic E-state index is 0.0724. The lowest BCUT2D eigenvalue weighted by Crippen LogP contribution is -2.61. The molecule has 4 rings (SSSR count). The van der Waals surface area contributed by atoms with E-state index in [1.165, 1.54) is 13.0 Å². The van der Waals surface area contributed by atoms with E-state index in [4.69, 9.17) is 30.4 Å². The summed E-state index contributed by atoms with van der Waals surface area (Å²) in [5.74, 6) is -7.37. The van der Waals surface area contributed by atoms with E-state index in [0.717, 1.165) is 0 Å². The molecule has 0 saturated carbocycles. The van der Waals surface area contributed by atoms with Gasteiger partial charge in [0, 0.05) is 49.3 Å². The average Bonchev–Trinajstić information content (AvgIpc) is 3.34. The minimum atomic E-state index is -2.31. The number of ketones is 2. The third kappa shape index (κ3) is 22.6. The van der Waals surface area contributed by atoms with Gasteiger partial charge in [-0.3, -0.25) is 19.2 Å². The van der Waals surface area contributed by atoms with Crippen molar-refractivity contribution in [2.24, 2.45) is 23.5 Å². The molecule has 2 fully saturated rings. The topological polar surface area (TPSA) is 360 Å². The van der Waals surface area contributed by atoms with Gasteiger partial charge in [0.25, 0.3) is 0 Å². The number of cyclic esters (lactones) is 1. The SMILES string of the molecule is C[C@H]1/C=C/C=C/C=C/C=C/C=C/C=C/C=C/C(O[C@@H]2O[C@H](C)[C@@H](O)[C@H](N)[C@@H]2O)C[C@@H]2O[C@](O)(C[C@@H](O)C[C@@H](O)C[C@H](O)CC(O)CCCC(=O)CC(=O)O[C@@H]1[C@@H](C)CC[C@H](O)CC(=O)c1ccc(N)cc1)C[C@H](O)[C@H]2C(=O)O. The van der Waals surface area contributed by atoms with Crippen molar-refractivity contribution in [2.45, 2.75) is 196 Å². The van der Waals surface area contributed by atoms with Gasteiger partial charge in [0.1, 0.15) is 30.3 Å². The Kier molecular flexibility index (Phi) is 27.6. The number of rotatable bonds is 10. The lowest BCUT2D eigenvalue weighted by Gasteiger charge is -2.45. The van der Waals surface area contributed by atoms with Crippen LogP contribution in [-0.2, 0) is 33.3 Å². The number of esters is 1. The summed E-state index contributed by atoms with van der Waals surface area (Å²) in [6.45, 7) is 5.27. The smallest absolute Gasteiger partial charge is 0.313 e. The first-order valence-electron chi connectivity index (χ1n) is 26.9. The number of nitrogens with two attached hydrogens (primary N) is 2. The number of nitrogen functional groups attached to an aromatic ring is 1. The number of carbonyl (C=O) groups is 4. The normalized spacial score (nSPS) is 37.8. The standard InChI is InChI=1S/C58H84N2O18/c1-35-17-14-12-10-8-6-4-5-7-9-11-13-15-20-46(76-57-54(71)52(60)53(70)37(3)75-57)32-49-51(56(72)73)48(68)34-58(74,78-49)33-45(66)29-44(65)28-43(64)27-40(61)18-16-19-41(62)31-50(69)77-55(35)36(2)21-26-42(63)30-47(67)38-22-24-39(59)25-23-38/h4-15,17,20,22-25,35-37,40,42-46,48-49,51-55,57,61,63-66,68,70-71,74H,16,18-19,21,26-34,59-60H2,1-3H3,(H,72,73)/b5-4+,8-6+,9-7+,12-10+,13-11+,17-14+,20-15+/t35-,36-,37+,40?,42-,43+,44-,45-,46?,48-,49-,51+,52-,53+,54-,55-,57-,58+/m0/s1. The summed E-state index contributed by atoms with van der Waals surface area (Å²) in [4.78, 5) is 51.5. The molecule has 0 aliphatic carbocycles. The van der Waals surface area contributed by atoms with Crippen molar-refractivity contribution in [3.8, 4) is 0 Å². The first kappa shape index (κ1) is 65.5. The molecule has 0 amide bonds. The number of anilines is 1. The first-order chi connectivity index (χ1) is 36.9. The quantitative estimate of drug-likeness (QED) is 0.0692. The van der Waals surface area contributed by atoms with Gasteiger partial charge in [0.05, 0.1) is 67.1 Å². The van der Waals surface area contributed by atoms with Gasteiger partial charge in [-0.05, 0) is 82.1 Å². The van der Waals surface area contributed by atoms with Crippen molar-refractivity contribution < 1.29 is 89.2 Å². The zero-order valence-corrected chi connectivity index (χ0v) is 44.8. The molecule has 3 aliphatic heterocycles. The largest absolute Gasteiger partial charge is 0.481 e. The Bertz CT molecular complexity index is 2250. The van der Waals surface area contributed by atoms with Crippen molar-refractivity contribution >= 4 is 29.2 Å². The lowest BCUT2D eigenvalue weighted by molar-refractivity contribution is -0.308. The van der Waals surface area contributed by atoms with Gasteiger partial charge in [-0.15, -0.1) is 0 Å². The van der Waals surface area contributed by atoms with Crippen LogP contribution in [0.5, 0.6) is 0 Å². The monoisotopic (exact) mass is 1100 g/mol. The molecule has 14 N–H and O–H groups in total. The molecule has 2 unspecified atom stereocenters. The number of allylic oxidation sites excluding steroid dienone is 12. The van der Waals surface area contributed by atoms with Crippen LogP contribution in [0.25, 0.3) is 0 Å². The van der Waals surface area contributed by atoms with Crippen LogP contribution in [0.2, 0.25) is 0 Å². The number of fused-ring (bicyclic) bond motifs is 2. The maximum Gasteiger partial charge on any atom is 0.313 e. The molecule has 3 heterocycles. The molecular formula is C58H84N2O18. The van der Waals surface area contributed by atoms with E-state index in [9.17, 15) is 70.2 Å². The van der Waals surface area contributed by atoms with Crippen LogP contribution in [0.3, 0.4) is 0 Å². The van der Waals surface area contributed by atoms with Gasteiger partial charge in [0.2, 0.25) is 0 Å². The molecule has 434 valence electrons. The maximum absolute atomic E-state index is 13.2. The number of Topliss-reactive ketones (excluding diaryl/α,β-unsaturated/α-hetero) is 2. The van der Waals surface area contributed by atoms with E-state index in [2.05, 4.69) is 0 Å². The number of aliphatic carboxylic acids is 1. The first-order valence-corrected chi connectivity index (χ1v) is 26.9. The predicted octanol–water partition coefficient (Wildman–Crippen LogP) is 3.32. The van der Waals surface area contributed by atoms with Crippen molar-refractivity contribution in [3.63, 3.8) is 0 Å². The maximum atomic E-state index is 13.2. The summed E-state index contributed by atoms with van der Waals surface area (Å²) >= 11 is 0. The zero-order valence-electron chi connectivity index (χ0n) is 44.8. The summed E-state index contributed by atoms with van der Waals surface area (Å²) in [6.07, 6.45) is 5.99. The van der Waals surface area contributed by atoms with Gasteiger partial charge in [-0.2, -0.15) is 0 Å². The Hall–Kier alpha value is -5.04. The van der Waals surface area contributed by atoms with E-state index in [0.29, 0.717) is 17.7 Å². The summed E-state index contributed by atoms with van der Waals surface area (Å²) in [6, 6.07) is 5.28. The Balaban J connectivity index is 1.52. The number of hydrogen-bond acceptors (Lipinski definition) is 19. The molecule has 78 heavy (non-hydrogen) atoms. The molecule has 3 aliphatic rings. The van der Waals surface area contributed by atoms with Crippen LogP contribution in [0.1, 0.15) is 115 Å². The van der Waals surface area contributed by atoms with Gasteiger partial charge >= 0.3 is 11.9 Å².